The quantitative estimate of drug-likeness (QED) is 0.476. The van der Waals surface area contributed by atoms with Gasteiger partial charge in [-0.15, -0.1) is 0 Å². The van der Waals surface area contributed by atoms with Crippen molar-refractivity contribution in [1.29, 1.82) is 0 Å². The zero-order chi connectivity index (χ0) is 20.8. The van der Waals surface area contributed by atoms with Crippen LogP contribution >= 0.6 is 11.6 Å². The van der Waals surface area contributed by atoms with Gasteiger partial charge in [0.1, 0.15) is 17.6 Å². The van der Waals surface area contributed by atoms with Crippen LogP contribution in [0.3, 0.4) is 0 Å². The topological polar surface area (TPSA) is 110 Å². The normalized spacial score (nSPS) is 10.8. The number of carbonyl (C=O) groups excluding carboxylic acids is 2. The van der Waals surface area contributed by atoms with Crippen molar-refractivity contribution < 1.29 is 18.7 Å². The summed E-state index contributed by atoms with van der Waals surface area (Å²) in [6, 6.07) is 11.1. The number of rotatable bonds is 6. The number of nitrogens with zero attached hydrogens (tertiary/aromatic N) is 1. The first-order valence-corrected chi connectivity index (χ1v) is 8.81. The Morgan fingerprint density at radius 1 is 1.21 bits per heavy atom. The molecule has 3 aromatic rings. The number of ether oxygens (including phenoxy) is 1. The van der Waals surface area contributed by atoms with E-state index in [9.17, 15) is 14.4 Å². The Bertz CT molecular complexity index is 1140. The average Bonchev–Trinajstić information content (AvgIpc) is 2.74. The number of fused-ring (bicyclic) bond motifs is 1. The van der Waals surface area contributed by atoms with Crippen molar-refractivity contribution >= 4 is 40.6 Å². The summed E-state index contributed by atoms with van der Waals surface area (Å²) in [6.45, 7) is -0.288. The Morgan fingerprint density at radius 3 is 2.69 bits per heavy atom. The van der Waals surface area contributed by atoms with Gasteiger partial charge in [0.05, 0.1) is 30.8 Å². The van der Waals surface area contributed by atoms with Crippen molar-refractivity contribution in [3.63, 3.8) is 0 Å². The van der Waals surface area contributed by atoms with Crippen LogP contribution in [0.2, 0.25) is 5.02 Å². The second-order valence-electron chi connectivity index (χ2n) is 5.87. The minimum Gasteiger partial charge on any atom is -0.497 e. The van der Waals surface area contributed by atoms with Crippen LogP contribution in [-0.4, -0.2) is 31.7 Å². The monoisotopic (exact) mass is 413 g/mol. The van der Waals surface area contributed by atoms with Gasteiger partial charge in [0, 0.05) is 10.6 Å². The molecule has 9 heteroatoms. The number of nitrogens with one attached hydrogen (secondary N) is 2. The standard InChI is InChI=1S/C20H16ClN3O5/c1-28-15-5-2-12(3-6-15)20(27)22-10-18(25)24-23-9-13-11-29-17-7-4-14(21)8-16(17)19(13)26/h2-9,11H,10H2,1H3,(H,22,27)(H,24,25)/b23-9-. The van der Waals surface area contributed by atoms with E-state index >= 15 is 0 Å². The van der Waals surface area contributed by atoms with E-state index in [2.05, 4.69) is 15.8 Å². The Labute approximate surface area is 170 Å². The fourth-order valence-electron chi connectivity index (χ4n) is 2.43. The summed E-state index contributed by atoms with van der Waals surface area (Å²) in [5.74, 6) is -0.357. The van der Waals surface area contributed by atoms with Crippen LogP contribution in [0.25, 0.3) is 11.0 Å². The van der Waals surface area contributed by atoms with Crippen LogP contribution in [0, 0.1) is 0 Å². The minimum absolute atomic E-state index is 0.141. The number of methoxy groups -OCH3 is 1. The molecule has 0 radical (unpaired) electrons. The van der Waals surface area contributed by atoms with Gasteiger partial charge in [-0.2, -0.15) is 5.10 Å². The van der Waals surface area contributed by atoms with Crippen molar-refractivity contribution in [3.05, 3.63) is 75.1 Å². The molecule has 2 aromatic carbocycles. The van der Waals surface area contributed by atoms with E-state index < -0.39 is 11.8 Å². The number of halogens is 1. The van der Waals surface area contributed by atoms with Crippen LogP contribution in [0.1, 0.15) is 15.9 Å². The summed E-state index contributed by atoms with van der Waals surface area (Å²) in [5.41, 5.74) is 2.81. The predicted molar refractivity (Wildman–Crippen MR) is 109 cm³/mol. The Kier molecular flexibility index (Phi) is 6.25. The molecule has 3 rings (SSSR count). The lowest BCUT2D eigenvalue weighted by Gasteiger charge is -2.05. The molecule has 0 aliphatic carbocycles. The molecule has 148 valence electrons. The van der Waals surface area contributed by atoms with Gasteiger partial charge in [-0.25, -0.2) is 5.43 Å². The first kappa shape index (κ1) is 20.1. The van der Waals surface area contributed by atoms with Gasteiger partial charge >= 0.3 is 0 Å². The zero-order valence-corrected chi connectivity index (χ0v) is 16.0. The highest BCUT2D eigenvalue weighted by atomic mass is 35.5. The summed E-state index contributed by atoms with van der Waals surface area (Å²) in [4.78, 5) is 36.2. The molecule has 0 bridgehead atoms. The Morgan fingerprint density at radius 2 is 1.97 bits per heavy atom. The summed E-state index contributed by atoms with van der Waals surface area (Å²) in [7, 11) is 1.52. The third-order valence-corrected chi connectivity index (χ3v) is 4.15. The number of carbonyl (C=O) groups is 2. The van der Waals surface area contributed by atoms with Gasteiger partial charge in [0.25, 0.3) is 11.8 Å². The maximum Gasteiger partial charge on any atom is 0.259 e. The lowest BCUT2D eigenvalue weighted by molar-refractivity contribution is -0.120. The third kappa shape index (κ3) is 4.99. The number of hydrogen-bond donors (Lipinski definition) is 2. The van der Waals surface area contributed by atoms with Gasteiger partial charge < -0.3 is 14.5 Å². The van der Waals surface area contributed by atoms with Crippen molar-refractivity contribution in [1.82, 2.24) is 10.7 Å². The predicted octanol–water partition coefficient (Wildman–Crippen LogP) is 2.34. The van der Waals surface area contributed by atoms with E-state index in [-0.39, 0.29) is 17.5 Å². The summed E-state index contributed by atoms with van der Waals surface area (Å²) >= 11 is 5.90. The van der Waals surface area contributed by atoms with Crippen LogP contribution in [-0.2, 0) is 4.79 Å². The van der Waals surface area contributed by atoms with E-state index in [1.807, 2.05) is 0 Å². The second-order valence-corrected chi connectivity index (χ2v) is 6.30. The molecule has 2 amide bonds. The third-order valence-electron chi connectivity index (χ3n) is 3.92. The highest BCUT2D eigenvalue weighted by Gasteiger charge is 2.09. The number of hydrogen-bond acceptors (Lipinski definition) is 6. The maximum absolute atomic E-state index is 12.4. The van der Waals surface area contributed by atoms with Crippen LogP contribution in [0.5, 0.6) is 5.75 Å². The van der Waals surface area contributed by atoms with Gasteiger partial charge in [0.2, 0.25) is 5.43 Å². The fourth-order valence-corrected chi connectivity index (χ4v) is 2.60. The molecule has 0 spiro atoms. The SMILES string of the molecule is COc1ccc(C(=O)NCC(=O)N/N=C\c2coc3ccc(Cl)cc3c2=O)cc1. The van der Waals surface area contributed by atoms with Gasteiger partial charge in [0.15, 0.2) is 0 Å². The Balaban J connectivity index is 1.57. The minimum atomic E-state index is -0.559. The van der Waals surface area contributed by atoms with Gasteiger partial charge in [-0.05, 0) is 42.5 Å². The second kappa shape index (κ2) is 9.03. The molecule has 0 aliphatic rings. The van der Waals surface area contributed by atoms with E-state index in [0.29, 0.717) is 27.3 Å². The smallest absolute Gasteiger partial charge is 0.259 e. The molecule has 8 nitrogen and oxygen atoms in total. The van der Waals surface area contributed by atoms with E-state index in [0.717, 1.165) is 6.21 Å². The maximum atomic E-state index is 12.4. The van der Waals surface area contributed by atoms with E-state index in [1.54, 1.807) is 36.4 Å². The van der Waals surface area contributed by atoms with E-state index in [4.69, 9.17) is 20.8 Å². The fraction of sp³-hybridized carbons (Fsp3) is 0.100. The number of hydrazone groups is 1. The largest absolute Gasteiger partial charge is 0.497 e. The Hall–Kier alpha value is -3.65. The van der Waals surface area contributed by atoms with Crippen LogP contribution in [0.15, 0.2) is 63.0 Å². The molecule has 1 aromatic heterocycles. The van der Waals surface area contributed by atoms with Crippen molar-refractivity contribution in [2.45, 2.75) is 0 Å². The van der Waals surface area contributed by atoms with Crippen molar-refractivity contribution in [2.24, 2.45) is 5.10 Å². The molecule has 29 heavy (non-hydrogen) atoms. The van der Waals surface area contributed by atoms with Gasteiger partial charge in [-0.3, -0.25) is 14.4 Å². The molecule has 0 saturated heterocycles. The molecule has 0 fully saturated rings. The molecule has 0 saturated carbocycles. The molecule has 2 N–H and O–H groups in total. The van der Waals surface area contributed by atoms with Crippen molar-refractivity contribution in [2.75, 3.05) is 13.7 Å². The highest BCUT2D eigenvalue weighted by molar-refractivity contribution is 6.31. The first-order chi connectivity index (χ1) is 14.0. The summed E-state index contributed by atoms with van der Waals surface area (Å²) in [6.07, 6.45) is 2.40. The molecule has 1 heterocycles. The molecular weight excluding hydrogens is 398 g/mol. The zero-order valence-electron chi connectivity index (χ0n) is 15.3. The lowest BCUT2D eigenvalue weighted by Crippen LogP contribution is -2.35. The summed E-state index contributed by atoms with van der Waals surface area (Å²) < 4.78 is 10.4. The average molecular weight is 414 g/mol. The first-order valence-electron chi connectivity index (χ1n) is 8.43. The van der Waals surface area contributed by atoms with Crippen LogP contribution in [0.4, 0.5) is 0 Å². The molecule has 0 atom stereocenters. The number of amides is 2. The molecular formula is C20H16ClN3O5. The molecule has 0 unspecified atom stereocenters. The van der Waals surface area contributed by atoms with E-state index in [1.165, 1.54) is 19.4 Å². The van der Waals surface area contributed by atoms with Crippen LogP contribution < -0.4 is 20.9 Å². The lowest BCUT2D eigenvalue weighted by atomic mass is 10.2. The number of benzene rings is 2. The molecule has 0 aliphatic heterocycles. The highest BCUT2D eigenvalue weighted by Crippen LogP contribution is 2.16. The van der Waals surface area contributed by atoms with Crippen molar-refractivity contribution in [3.8, 4) is 5.75 Å². The summed E-state index contributed by atoms with van der Waals surface area (Å²) in [5, 5.41) is 6.89. The van der Waals surface area contributed by atoms with Gasteiger partial charge in [-0.1, -0.05) is 11.6 Å².